The predicted octanol–water partition coefficient (Wildman–Crippen LogP) is 2.43. The molecule has 0 aliphatic heterocycles. The van der Waals surface area contributed by atoms with Gasteiger partial charge in [0.2, 0.25) is 0 Å². The Labute approximate surface area is 70.1 Å². The molecule has 0 bridgehead atoms. The highest BCUT2D eigenvalue weighted by atomic mass is 16.3. The Balaban J connectivity index is 3.28. The second-order valence-corrected chi connectivity index (χ2v) is 2.43. The Kier molecular flexibility index (Phi) is 2.69. The van der Waals surface area contributed by atoms with Crippen LogP contribution in [0.15, 0.2) is 23.3 Å². The maximum Gasteiger partial charge on any atom is 0.0686 e. The number of aliphatic hydroxyl groups is 1. The largest absolute Gasteiger partial charge is 0.392 e. The van der Waals surface area contributed by atoms with E-state index in [1.54, 1.807) is 6.07 Å². The van der Waals surface area contributed by atoms with Gasteiger partial charge in [0, 0.05) is 10.6 Å². The van der Waals surface area contributed by atoms with Crippen LogP contribution in [0.2, 0.25) is 0 Å². The zero-order chi connectivity index (χ0) is 8.97. The van der Waals surface area contributed by atoms with Crippen LogP contribution in [0.5, 0.6) is 0 Å². The van der Waals surface area contributed by atoms with E-state index in [0.717, 1.165) is 5.56 Å². The van der Waals surface area contributed by atoms with E-state index in [0.29, 0.717) is 11.3 Å². The summed E-state index contributed by atoms with van der Waals surface area (Å²) in [6.45, 7) is 1.74. The molecule has 0 unspecified atom stereocenters. The summed E-state index contributed by atoms with van der Waals surface area (Å²) >= 11 is 0. The molecule has 4 nitrogen and oxygen atoms in total. The zero-order valence-electron chi connectivity index (χ0n) is 6.73. The van der Waals surface area contributed by atoms with Crippen molar-refractivity contribution in [2.24, 2.45) is 5.11 Å². The van der Waals surface area contributed by atoms with E-state index >= 15 is 0 Å². The third kappa shape index (κ3) is 1.56. The normalized spacial score (nSPS) is 9.17. The van der Waals surface area contributed by atoms with Gasteiger partial charge in [-0.25, -0.2) is 0 Å². The second-order valence-electron chi connectivity index (χ2n) is 2.43. The van der Waals surface area contributed by atoms with Crippen molar-refractivity contribution in [3.8, 4) is 0 Å². The first-order valence-electron chi connectivity index (χ1n) is 3.54. The number of nitrogens with zero attached hydrogens (tertiary/aromatic N) is 3. The highest BCUT2D eigenvalue weighted by molar-refractivity contribution is 5.51. The fourth-order valence-corrected chi connectivity index (χ4v) is 1.04. The summed E-state index contributed by atoms with van der Waals surface area (Å²) < 4.78 is 0. The Bertz CT molecular complexity index is 329. The number of hydrogen-bond donors (Lipinski definition) is 1. The van der Waals surface area contributed by atoms with Crippen LogP contribution in [-0.4, -0.2) is 5.11 Å². The molecule has 62 valence electrons. The second kappa shape index (κ2) is 3.76. The van der Waals surface area contributed by atoms with E-state index in [-0.39, 0.29) is 6.61 Å². The maximum absolute atomic E-state index is 8.89. The highest BCUT2D eigenvalue weighted by Gasteiger charge is 2.00. The molecule has 0 aromatic heterocycles. The minimum absolute atomic E-state index is 0.101. The van der Waals surface area contributed by atoms with Crippen LogP contribution < -0.4 is 0 Å². The zero-order valence-corrected chi connectivity index (χ0v) is 6.73. The van der Waals surface area contributed by atoms with Crippen molar-refractivity contribution in [3.05, 3.63) is 39.8 Å². The molecular formula is C8H9N3O. The van der Waals surface area contributed by atoms with Crippen molar-refractivity contribution in [1.82, 2.24) is 0 Å². The lowest BCUT2D eigenvalue weighted by Crippen LogP contribution is -1.85. The smallest absolute Gasteiger partial charge is 0.0686 e. The van der Waals surface area contributed by atoms with Crippen LogP contribution in [0, 0.1) is 6.92 Å². The van der Waals surface area contributed by atoms with Crippen LogP contribution in [0.1, 0.15) is 11.1 Å². The van der Waals surface area contributed by atoms with Crippen LogP contribution in [0.4, 0.5) is 5.69 Å². The molecule has 0 amide bonds. The average Bonchev–Trinajstić information content (AvgIpc) is 2.09. The van der Waals surface area contributed by atoms with Crippen molar-refractivity contribution in [3.63, 3.8) is 0 Å². The van der Waals surface area contributed by atoms with Gasteiger partial charge in [-0.1, -0.05) is 23.3 Å². The molecule has 0 atom stereocenters. The Morgan fingerprint density at radius 1 is 1.58 bits per heavy atom. The van der Waals surface area contributed by atoms with Gasteiger partial charge >= 0.3 is 0 Å². The van der Waals surface area contributed by atoms with Gasteiger partial charge in [0.1, 0.15) is 0 Å². The molecule has 4 heteroatoms. The first-order chi connectivity index (χ1) is 5.79. The number of hydrogen-bond acceptors (Lipinski definition) is 2. The monoisotopic (exact) mass is 163 g/mol. The van der Waals surface area contributed by atoms with E-state index in [9.17, 15) is 0 Å². The number of aryl methyl sites for hydroxylation is 1. The van der Waals surface area contributed by atoms with Gasteiger partial charge in [-0.2, -0.15) is 0 Å². The molecule has 0 saturated carbocycles. The van der Waals surface area contributed by atoms with E-state index in [1.807, 2.05) is 19.1 Å². The van der Waals surface area contributed by atoms with Gasteiger partial charge in [0.25, 0.3) is 0 Å². The molecular weight excluding hydrogens is 154 g/mol. The fraction of sp³-hybridized carbons (Fsp3) is 0.250. The summed E-state index contributed by atoms with van der Waals surface area (Å²) in [4.78, 5) is 2.69. The summed E-state index contributed by atoms with van der Waals surface area (Å²) in [5, 5.41) is 12.4. The van der Waals surface area contributed by atoms with Crippen molar-refractivity contribution in [1.29, 1.82) is 0 Å². The quantitative estimate of drug-likeness (QED) is 0.406. The molecule has 0 radical (unpaired) electrons. The highest BCUT2D eigenvalue weighted by Crippen LogP contribution is 2.23. The van der Waals surface area contributed by atoms with Crippen LogP contribution in [-0.2, 0) is 6.61 Å². The molecule has 0 aliphatic carbocycles. The molecule has 0 saturated heterocycles. The standard InChI is InChI=1S/C8H9N3O/c1-6-3-2-4-7(5-12)8(6)10-11-9/h2-4,12H,5H2,1H3. The van der Waals surface area contributed by atoms with Crippen molar-refractivity contribution in [2.75, 3.05) is 0 Å². The molecule has 1 aromatic carbocycles. The number of azide groups is 1. The molecule has 0 spiro atoms. The molecule has 1 aromatic rings. The minimum Gasteiger partial charge on any atom is -0.392 e. The van der Waals surface area contributed by atoms with E-state index in [1.165, 1.54) is 0 Å². The fourth-order valence-electron chi connectivity index (χ4n) is 1.04. The average molecular weight is 163 g/mol. The lowest BCUT2D eigenvalue weighted by Gasteiger charge is -2.03. The van der Waals surface area contributed by atoms with Crippen molar-refractivity contribution < 1.29 is 5.11 Å². The molecule has 12 heavy (non-hydrogen) atoms. The Morgan fingerprint density at radius 3 is 2.92 bits per heavy atom. The summed E-state index contributed by atoms with van der Waals surface area (Å²) in [6, 6.07) is 5.39. The molecule has 0 heterocycles. The van der Waals surface area contributed by atoms with Gasteiger partial charge < -0.3 is 5.11 Å². The van der Waals surface area contributed by atoms with Crippen LogP contribution in [0.3, 0.4) is 0 Å². The number of aliphatic hydroxyl groups excluding tert-OH is 1. The third-order valence-electron chi connectivity index (χ3n) is 1.64. The van der Waals surface area contributed by atoms with Crippen LogP contribution in [0.25, 0.3) is 10.4 Å². The topological polar surface area (TPSA) is 69.0 Å². The predicted molar refractivity (Wildman–Crippen MR) is 45.9 cm³/mol. The third-order valence-corrected chi connectivity index (χ3v) is 1.64. The van der Waals surface area contributed by atoms with Crippen molar-refractivity contribution >= 4 is 5.69 Å². The summed E-state index contributed by atoms with van der Waals surface area (Å²) in [6.07, 6.45) is 0. The van der Waals surface area contributed by atoms with Gasteiger partial charge in [0.15, 0.2) is 0 Å². The molecule has 0 aliphatic rings. The van der Waals surface area contributed by atoms with Gasteiger partial charge in [-0.3, -0.25) is 0 Å². The lowest BCUT2D eigenvalue weighted by molar-refractivity contribution is 0.282. The van der Waals surface area contributed by atoms with E-state index in [4.69, 9.17) is 10.6 Å². The first kappa shape index (κ1) is 8.59. The van der Waals surface area contributed by atoms with Gasteiger partial charge in [-0.15, -0.1) is 0 Å². The Morgan fingerprint density at radius 2 is 2.33 bits per heavy atom. The Hall–Kier alpha value is -1.51. The van der Waals surface area contributed by atoms with E-state index in [2.05, 4.69) is 10.0 Å². The minimum atomic E-state index is -0.101. The van der Waals surface area contributed by atoms with Gasteiger partial charge in [-0.05, 0) is 23.6 Å². The SMILES string of the molecule is Cc1cccc(CO)c1N=[N+]=[N-]. The summed E-state index contributed by atoms with van der Waals surface area (Å²) in [7, 11) is 0. The lowest BCUT2D eigenvalue weighted by atomic mass is 10.1. The molecule has 1 rings (SSSR count). The summed E-state index contributed by atoms with van der Waals surface area (Å²) in [5.41, 5.74) is 10.3. The molecule has 0 fully saturated rings. The maximum atomic E-state index is 8.89. The number of benzene rings is 1. The first-order valence-corrected chi connectivity index (χ1v) is 3.54. The number of rotatable bonds is 2. The van der Waals surface area contributed by atoms with E-state index < -0.39 is 0 Å². The summed E-state index contributed by atoms with van der Waals surface area (Å²) in [5.74, 6) is 0. The molecule has 1 N–H and O–H groups in total. The van der Waals surface area contributed by atoms with Crippen molar-refractivity contribution in [2.45, 2.75) is 13.5 Å². The van der Waals surface area contributed by atoms with Gasteiger partial charge in [0.05, 0.1) is 6.61 Å². The van der Waals surface area contributed by atoms with Crippen LogP contribution >= 0.6 is 0 Å².